The molecule has 2 aliphatic rings. The number of halogens is 6. The van der Waals surface area contributed by atoms with Gasteiger partial charge in [-0.2, -0.15) is 0 Å². The van der Waals surface area contributed by atoms with Crippen molar-refractivity contribution in [2.75, 3.05) is 14.2 Å². The molecule has 0 aliphatic heterocycles. The van der Waals surface area contributed by atoms with Gasteiger partial charge in [0.25, 0.3) is 0 Å². The first-order valence-corrected chi connectivity index (χ1v) is 8.95. The second-order valence-electron chi connectivity index (χ2n) is 5.41. The third-order valence-corrected chi connectivity index (χ3v) is 8.45. The lowest BCUT2D eigenvalue weighted by molar-refractivity contribution is 0.0584. The molecule has 134 valence electrons. The molecule has 3 rings (SSSR count). The molecule has 0 radical (unpaired) electrons. The van der Waals surface area contributed by atoms with Crippen molar-refractivity contribution >= 4 is 81.5 Å². The number of carbonyl (C=O) groups is 2. The Morgan fingerprint density at radius 3 is 1.40 bits per heavy atom. The average Bonchev–Trinajstić information content (AvgIpc) is 2.80. The van der Waals surface area contributed by atoms with Gasteiger partial charge in [-0.1, -0.05) is 46.4 Å². The first-order valence-electron chi connectivity index (χ1n) is 6.68. The van der Waals surface area contributed by atoms with E-state index < -0.39 is 26.0 Å². The molecule has 4 nitrogen and oxygen atoms in total. The van der Waals surface area contributed by atoms with Crippen LogP contribution in [0.5, 0.6) is 0 Å². The number of carbonyl (C=O) groups excluding carboxylic acids is 2. The van der Waals surface area contributed by atoms with Crippen molar-refractivity contribution in [1.29, 1.82) is 0 Å². The number of methoxy groups -OCH3 is 2. The van der Waals surface area contributed by atoms with Crippen LogP contribution in [0.3, 0.4) is 0 Å². The lowest BCUT2D eigenvalue weighted by Gasteiger charge is -2.31. The molecule has 0 spiro atoms. The predicted molar refractivity (Wildman–Crippen MR) is 97.4 cm³/mol. The van der Waals surface area contributed by atoms with Crippen LogP contribution in [-0.4, -0.2) is 30.5 Å². The Bertz CT molecular complexity index is 797. The summed E-state index contributed by atoms with van der Waals surface area (Å²) < 4.78 is 7.56. The zero-order valence-corrected chi connectivity index (χ0v) is 17.1. The molecular formula is C15H8Cl6O4. The topological polar surface area (TPSA) is 52.6 Å². The Morgan fingerprint density at radius 2 is 1.12 bits per heavy atom. The van der Waals surface area contributed by atoms with E-state index in [1.807, 2.05) is 0 Å². The molecule has 10 heteroatoms. The van der Waals surface area contributed by atoms with Gasteiger partial charge in [0, 0.05) is 11.1 Å². The molecule has 25 heavy (non-hydrogen) atoms. The van der Waals surface area contributed by atoms with Crippen molar-refractivity contribution in [2.45, 2.75) is 14.1 Å². The summed E-state index contributed by atoms with van der Waals surface area (Å²) in [5.41, 5.74) is 0.156. The molecule has 0 unspecified atom stereocenters. The molecule has 1 aromatic rings. The molecule has 2 atom stereocenters. The SMILES string of the molecule is COC(=O)c1ccc(C(=O)OC)c2c1[C@@]1(Cl)C(Cl)=C(Cl)[C@@]2(Cl)C1(Cl)Cl. The zero-order valence-electron chi connectivity index (χ0n) is 12.6. The smallest absolute Gasteiger partial charge is 0.338 e. The van der Waals surface area contributed by atoms with E-state index in [4.69, 9.17) is 79.1 Å². The summed E-state index contributed by atoms with van der Waals surface area (Å²) in [4.78, 5) is 20.8. The number of hydrogen-bond donors (Lipinski definition) is 0. The zero-order chi connectivity index (χ0) is 18.9. The van der Waals surface area contributed by atoms with E-state index in [0.29, 0.717) is 0 Å². The van der Waals surface area contributed by atoms with E-state index in [1.165, 1.54) is 26.4 Å². The Morgan fingerprint density at radius 1 is 0.800 bits per heavy atom. The largest absolute Gasteiger partial charge is 0.465 e. The van der Waals surface area contributed by atoms with Gasteiger partial charge in [-0.15, -0.1) is 23.2 Å². The van der Waals surface area contributed by atoms with Crippen LogP contribution in [-0.2, 0) is 19.2 Å². The van der Waals surface area contributed by atoms with Gasteiger partial charge < -0.3 is 9.47 Å². The summed E-state index contributed by atoms with van der Waals surface area (Å²) in [7, 11) is 2.37. The number of hydrogen-bond acceptors (Lipinski definition) is 4. The van der Waals surface area contributed by atoms with Crippen LogP contribution in [0.2, 0.25) is 0 Å². The fourth-order valence-electron chi connectivity index (χ4n) is 3.23. The minimum absolute atomic E-state index is 0.00988. The van der Waals surface area contributed by atoms with Crippen LogP contribution in [0.15, 0.2) is 22.2 Å². The number of esters is 2. The maximum Gasteiger partial charge on any atom is 0.338 e. The van der Waals surface area contributed by atoms with E-state index in [2.05, 4.69) is 0 Å². The minimum atomic E-state index is -1.98. The van der Waals surface area contributed by atoms with E-state index >= 15 is 0 Å². The van der Waals surface area contributed by atoms with Gasteiger partial charge in [-0.05, 0) is 12.1 Å². The van der Waals surface area contributed by atoms with Gasteiger partial charge in [0.05, 0.1) is 35.4 Å². The fraction of sp³-hybridized carbons (Fsp3) is 0.333. The van der Waals surface area contributed by atoms with Crippen LogP contribution >= 0.6 is 69.6 Å². The number of benzene rings is 1. The molecule has 0 N–H and O–H groups in total. The number of alkyl halides is 4. The maximum absolute atomic E-state index is 12.2. The molecule has 0 heterocycles. The maximum atomic E-state index is 12.2. The second-order valence-corrected chi connectivity index (χ2v) is 8.63. The number of fused-ring (bicyclic) bond motifs is 5. The number of allylic oxidation sites excluding steroid dienone is 2. The third kappa shape index (κ3) is 1.99. The van der Waals surface area contributed by atoms with Crippen molar-refractivity contribution in [3.8, 4) is 0 Å². The monoisotopic (exact) mass is 462 g/mol. The van der Waals surface area contributed by atoms with Gasteiger partial charge in [0.1, 0.15) is 9.75 Å². The lowest BCUT2D eigenvalue weighted by Crippen LogP contribution is -2.40. The van der Waals surface area contributed by atoms with E-state index in [0.717, 1.165) is 0 Å². The van der Waals surface area contributed by atoms with Crippen molar-refractivity contribution in [3.05, 3.63) is 44.5 Å². The van der Waals surface area contributed by atoms with E-state index in [-0.39, 0.29) is 32.3 Å². The van der Waals surface area contributed by atoms with E-state index in [9.17, 15) is 9.59 Å². The standard InChI is InChI=1S/C15H8Cl6O4/c1-24-11(22)5-3-4-6(12(23)25-2)8-7(5)13(18)9(16)10(17)14(8,19)15(13,20)21/h3-4H,1-2H3/t13-,14-/m1/s1. The van der Waals surface area contributed by atoms with Crippen LogP contribution in [0, 0.1) is 0 Å². The summed E-state index contributed by atoms with van der Waals surface area (Å²) in [5, 5.41) is -0.258. The number of rotatable bonds is 2. The highest BCUT2D eigenvalue weighted by atomic mass is 35.5. The number of ether oxygens (including phenoxy) is 2. The van der Waals surface area contributed by atoms with Gasteiger partial charge in [0.2, 0.25) is 0 Å². The highest BCUT2D eigenvalue weighted by Gasteiger charge is 2.78. The van der Waals surface area contributed by atoms with Crippen molar-refractivity contribution < 1.29 is 19.1 Å². The fourth-order valence-corrected chi connectivity index (χ4v) is 5.94. The summed E-state index contributed by atoms with van der Waals surface area (Å²) in [6.07, 6.45) is 0. The molecule has 0 fully saturated rings. The van der Waals surface area contributed by atoms with Crippen LogP contribution in [0.25, 0.3) is 0 Å². The lowest BCUT2D eigenvalue weighted by atomic mass is 9.87. The van der Waals surface area contributed by atoms with Gasteiger partial charge in [0.15, 0.2) is 4.33 Å². The molecule has 0 aromatic heterocycles. The van der Waals surface area contributed by atoms with Crippen molar-refractivity contribution in [2.24, 2.45) is 0 Å². The average molecular weight is 465 g/mol. The Kier molecular flexibility index (Phi) is 4.51. The van der Waals surface area contributed by atoms with Crippen LogP contribution in [0.1, 0.15) is 31.8 Å². The Labute approximate surface area is 172 Å². The second kappa shape index (κ2) is 5.82. The highest BCUT2D eigenvalue weighted by molar-refractivity contribution is 6.65. The van der Waals surface area contributed by atoms with Crippen molar-refractivity contribution in [1.82, 2.24) is 0 Å². The van der Waals surface area contributed by atoms with Crippen molar-refractivity contribution in [3.63, 3.8) is 0 Å². The third-order valence-electron chi connectivity index (χ3n) is 4.37. The predicted octanol–water partition coefficient (Wildman–Crippen LogP) is 5.02. The van der Waals surface area contributed by atoms with Crippen LogP contribution in [0.4, 0.5) is 0 Å². The Balaban J connectivity index is 2.52. The first-order chi connectivity index (χ1) is 11.5. The molecule has 1 aromatic carbocycles. The normalized spacial score (nSPS) is 28.8. The van der Waals surface area contributed by atoms with Gasteiger partial charge in [-0.3, -0.25) is 0 Å². The first kappa shape index (κ1) is 19.4. The Hall–Kier alpha value is -0.360. The quantitative estimate of drug-likeness (QED) is 0.455. The molecule has 0 saturated heterocycles. The van der Waals surface area contributed by atoms with E-state index in [1.54, 1.807) is 0 Å². The molecular weight excluding hydrogens is 457 g/mol. The highest BCUT2D eigenvalue weighted by Crippen LogP contribution is 2.78. The van der Waals surface area contributed by atoms with Gasteiger partial charge >= 0.3 is 11.9 Å². The summed E-state index contributed by atoms with van der Waals surface area (Å²) in [5.74, 6) is -1.46. The molecule has 0 saturated carbocycles. The minimum Gasteiger partial charge on any atom is -0.465 e. The molecule has 2 aliphatic carbocycles. The molecule has 2 bridgehead atoms. The summed E-state index contributed by atoms with van der Waals surface area (Å²) in [6.45, 7) is 0. The summed E-state index contributed by atoms with van der Waals surface area (Å²) in [6, 6.07) is 2.67. The summed E-state index contributed by atoms with van der Waals surface area (Å²) >= 11 is 38.9. The van der Waals surface area contributed by atoms with Gasteiger partial charge in [-0.25, -0.2) is 9.59 Å². The molecule has 0 amide bonds. The van der Waals surface area contributed by atoms with Crippen LogP contribution < -0.4 is 0 Å².